The van der Waals surface area contributed by atoms with E-state index in [0.717, 1.165) is 74.1 Å². The van der Waals surface area contributed by atoms with Crippen LogP contribution in [0.5, 0.6) is 0 Å². The van der Waals surface area contributed by atoms with Crippen LogP contribution in [0.4, 0.5) is 24.5 Å². The lowest BCUT2D eigenvalue weighted by molar-refractivity contribution is -0.145. The number of amides is 2. The Bertz CT molecular complexity index is 2030. The van der Waals surface area contributed by atoms with Crippen molar-refractivity contribution in [3.8, 4) is 0 Å². The van der Waals surface area contributed by atoms with Crippen molar-refractivity contribution < 1.29 is 22.8 Å². The Morgan fingerprint density at radius 1 is 0.679 bits per heavy atom. The van der Waals surface area contributed by atoms with E-state index in [4.69, 9.17) is 0 Å². The predicted molar refractivity (Wildman–Crippen MR) is 218 cm³/mol. The highest BCUT2D eigenvalue weighted by Crippen LogP contribution is 2.29. The third-order valence-electron chi connectivity index (χ3n) is 10.6. The third-order valence-corrected chi connectivity index (χ3v) is 11.5. The summed E-state index contributed by atoms with van der Waals surface area (Å²) in [6, 6.07) is 36.7. The van der Waals surface area contributed by atoms with Gasteiger partial charge in [-0.2, -0.15) is 13.2 Å². The molecule has 2 saturated heterocycles. The van der Waals surface area contributed by atoms with Crippen molar-refractivity contribution in [2.24, 2.45) is 0 Å². The Balaban J connectivity index is 1.10. The first-order valence-electron chi connectivity index (χ1n) is 19.1. The van der Waals surface area contributed by atoms with Crippen LogP contribution < -0.4 is 9.80 Å². The summed E-state index contributed by atoms with van der Waals surface area (Å²) in [5.41, 5.74) is 4.12. The van der Waals surface area contributed by atoms with Crippen LogP contribution in [-0.4, -0.2) is 84.9 Å². The average molecular weight is 778 g/mol. The number of hydrogen-bond donors (Lipinski definition) is 0. The number of nitrogens with zero attached hydrogens (tertiary/aromatic N) is 5. The van der Waals surface area contributed by atoms with E-state index in [2.05, 4.69) is 63.2 Å². The topological polar surface area (TPSA) is 50.3 Å². The molecular weight excluding hydrogens is 732 g/mol. The fourth-order valence-corrected chi connectivity index (χ4v) is 8.13. The maximum atomic E-state index is 14.6. The molecule has 4 aromatic carbocycles. The summed E-state index contributed by atoms with van der Waals surface area (Å²) >= 11 is 1.55. The molecule has 56 heavy (non-hydrogen) atoms. The van der Waals surface area contributed by atoms with Gasteiger partial charge in [-0.3, -0.25) is 14.5 Å². The van der Waals surface area contributed by atoms with Gasteiger partial charge in [0.25, 0.3) is 0 Å². The summed E-state index contributed by atoms with van der Waals surface area (Å²) in [5.74, 6) is -0.495. The number of para-hydroxylation sites is 1. The Labute approximate surface area is 330 Å². The van der Waals surface area contributed by atoms with Crippen LogP contribution in [0, 0.1) is 0 Å². The molecule has 2 amide bonds. The SMILES string of the molecule is O=C([C@H](Cc1cccs1)N(Cc1ccc(N2CCN(c3ccccc3)CC2)cc1)C(=O)C=Cc1ccc(C(F)(F)F)cc1)N1CCN(Cc2ccccc2)CC1. The molecule has 290 valence electrons. The molecule has 0 radical (unpaired) electrons. The zero-order valence-electron chi connectivity index (χ0n) is 31.2. The zero-order valence-corrected chi connectivity index (χ0v) is 32.0. The average Bonchev–Trinajstić information content (AvgIpc) is 3.76. The van der Waals surface area contributed by atoms with Gasteiger partial charge in [-0.25, -0.2) is 0 Å². The molecule has 0 spiro atoms. The number of anilines is 2. The lowest BCUT2D eigenvalue weighted by Gasteiger charge is -2.39. The number of rotatable bonds is 12. The quantitative estimate of drug-likeness (QED) is 0.120. The van der Waals surface area contributed by atoms with Gasteiger partial charge in [-0.1, -0.05) is 78.9 Å². The molecule has 0 aliphatic carbocycles. The minimum absolute atomic E-state index is 0.109. The maximum Gasteiger partial charge on any atom is 0.416 e. The van der Waals surface area contributed by atoms with Crippen molar-refractivity contribution >= 4 is 40.6 Å². The number of hydrogen-bond acceptors (Lipinski definition) is 6. The second kappa shape index (κ2) is 18.0. The normalized spacial score (nSPS) is 15.9. The molecule has 5 aromatic rings. The van der Waals surface area contributed by atoms with Gasteiger partial charge in [-0.15, -0.1) is 11.3 Å². The van der Waals surface area contributed by atoms with E-state index < -0.39 is 17.8 Å². The Morgan fingerprint density at radius 2 is 1.29 bits per heavy atom. The summed E-state index contributed by atoms with van der Waals surface area (Å²) in [6.45, 7) is 7.09. The summed E-state index contributed by atoms with van der Waals surface area (Å²) in [6.07, 6.45) is -1.22. The fourth-order valence-electron chi connectivity index (χ4n) is 7.39. The van der Waals surface area contributed by atoms with Gasteiger partial charge in [0.05, 0.1) is 5.56 Å². The van der Waals surface area contributed by atoms with Crippen LogP contribution in [0.1, 0.15) is 27.1 Å². The van der Waals surface area contributed by atoms with E-state index in [1.165, 1.54) is 35.5 Å². The molecule has 1 atom stereocenters. The molecule has 7 rings (SSSR count). The van der Waals surface area contributed by atoms with E-state index in [1.807, 2.05) is 58.8 Å². The lowest BCUT2D eigenvalue weighted by Crippen LogP contribution is -2.56. The number of benzene rings is 4. The van der Waals surface area contributed by atoms with Crippen molar-refractivity contribution in [2.75, 3.05) is 62.2 Å². The van der Waals surface area contributed by atoms with Gasteiger partial charge in [0.1, 0.15) is 6.04 Å². The van der Waals surface area contributed by atoms with Gasteiger partial charge >= 0.3 is 6.18 Å². The van der Waals surface area contributed by atoms with Crippen LogP contribution >= 0.6 is 11.3 Å². The summed E-state index contributed by atoms with van der Waals surface area (Å²) in [7, 11) is 0. The van der Waals surface area contributed by atoms with Gasteiger partial charge in [-0.05, 0) is 70.6 Å². The number of alkyl halides is 3. The standard InChI is InChI=1S/C45H46F3N5O2S/c46-45(47,48)38-18-13-35(14-19-38)17-22-43(54)53(34-37-15-20-40(21-16-37)51-29-27-50(28-30-51)39-10-5-2-6-11-39)42(32-41-12-7-31-56-41)44(55)52-25-23-49(24-26-52)33-36-8-3-1-4-9-36/h1-22,31,42H,23-30,32-34H2/t42-/m0/s1. The predicted octanol–water partition coefficient (Wildman–Crippen LogP) is 8.09. The molecule has 0 saturated carbocycles. The highest BCUT2D eigenvalue weighted by Gasteiger charge is 2.35. The van der Waals surface area contributed by atoms with Crippen LogP contribution in [-0.2, 0) is 35.3 Å². The van der Waals surface area contributed by atoms with Crippen molar-refractivity contribution in [3.05, 3.63) is 160 Å². The molecular formula is C45H46F3N5O2S. The summed E-state index contributed by atoms with van der Waals surface area (Å²) < 4.78 is 39.7. The first kappa shape index (κ1) is 38.9. The number of carbonyl (C=O) groups excluding carboxylic acids is 2. The Morgan fingerprint density at radius 3 is 1.88 bits per heavy atom. The summed E-state index contributed by atoms with van der Waals surface area (Å²) in [5, 5.41) is 1.97. The van der Waals surface area contributed by atoms with Crippen LogP contribution in [0.25, 0.3) is 6.08 Å². The largest absolute Gasteiger partial charge is 0.416 e. The lowest BCUT2D eigenvalue weighted by atomic mass is 10.1. The molecule has 2 fully saturated rings. The fraction of sp³-hybridized carbons (Fsp3) is 0.289. The van der Waals surface area contributed by atoms with Crippen molar-refractivity contribution in [1.82, 2.24) is 14.7 Å². The molecule has 2 aliphatic rings. The van der Waals surface area contributed by atoms with E-state index in [-0.39, 0.29) is 18.4 Å². The first-order chi connectivity index (χ1) is 27.2. The number of halogens is 3. The van der Waals surface area contributed by atoms with Gasteiger partial charge in [0.15, 0.2) is 0 Å². The number of carbonyl (C=O) groups is 2. The third kappa shape index (κ3) is 10.1. The van der Waals surface area contributed by atoms with Crippen LogP contribution in [0.15, 0.2) is 133 Å². The molecule has 0 bridgehead atoms. The van der Waals surface area contributed by atoms with E-state index in [1.54, 1.807) is 16.2 Å². The van der Waals surface area contributed by atoms with Gasteiger partial charge in [0.2, 0.25) is 11.8 Å². The zero-order chi connectivity index (χ0) is 38.9. The van der Waals surface area contributed by atoms with Crippen molar-refractivity contribution in [3.63, 3.8) is 0 Å². The van der Waals surface area contributed by atoms with Crippen LogP contribution in [0.2, 0.25) is 0 Å². The van der Waals surface area contributed by atoms with E-state index in [0.29, 0.717) is 25.1 Å². The Kier molecular flexibility index (Phi) is 12.5. The minimum Gasteiger partial charge on any atom is -0.368 e. The number of thiophene rings is 1. The second-order valence-corrected chi connectivity index (χ2v) is 15.3. The molecule has 1 aromatic heterocycles. The maximum absolute atomic E-state index is 14.6. The molecule has 3 heterocycles. The van der Waals surface area contributed by atoms with Gasteiger partial charge < -0.3 is 19.6 Å². The second-order valence-electron chi connectivity index (χ2n) is 14.3. The van der Waals surface area contributed by atoms with Crippen molar-refractivity contribution in [1.29, 1.82) is 0 Å². The smallest absolute Gasteiger partial charge is 0.368 e. The molecule has 2 aliphatic heterocycles. The monoisotopic (exact) mass is 777 g/mol. The van der Waals surface area contributed by atoms with Gasteiger partial charge in [0, 0.05) is 94.2 Å². The van der Waals surface area contributed by atoms with Crippen molar-refractivity contribution in [2.45, 2.75) is 31.7 Å². The first-order valence-corrected chi connectivity index (χ1v) is 19.9. The van der Waals surface area contributed by atoms with E-state index >= 15 is 0 Å². The highest BCUT2D eigenvalue weighted by molar-refractivity contribution is 7.09. The number of piperazine rings is 2. The summed E-state index contributed by atoms with van der Waals surface area (Å²) in [4.78, 5) is 40.5. The molecule has 7 nitrogen and oxygen atoms in total. The molecule has 0 N–H and O–H groups in total. The van der Waals surface area contributed by atoms with E-state index in [9.17, 15) is 22.8 Å². The highest BCUT2D eigenvalue weighted by atomic mass is 32.1. The van der Waals surface area contributed by atoms with Crippen LogP contribution in [0.3, 0.4) is 0 Å². The molecule has 11 heteroatoms. The molecule has 0 unspecified atom stereocenters. The minimum atomic E-state index is -4.46. The Hall–Kier alpha value is -5.39.